The number of carbonyl (C=O) groups is 2. The van der Waals surface area contributed by atoms with Gasteiger partial charge in [0.25, 0.3) is 0 Å². The molecular formula is C21H30N2O2. The van der Waals surface area contributed by atoms with Crippen molar-refractivity contribution in [3.8, 4) is 0 Å². The fraction of sp³-hybridized carbons (Fsp3) is 0.619. The summed E-state index contributed by atoms with van der Waals surface area (Å²) in [4.78, 5) is 26.7. The number of likely N-dealkylation sites (tertiary alicyclic amines) is 1. The number of nitrogens with zero attached hydrogens (tertiary/aromatic N) is 1. The fourth-order valence-electron chi connectivity index (χ4n) is 4.36. The lowest BCUT2D eigenvalue weighted by molar-refractivity contribution is -0.131. The standard InChI is InChI=1S/C21H30N2O2/c1-16-13-18(24)9-10-19(16)20(25)22-15-21(2)11-6-12-23(21)14-17-7-4-3-5-8-17/h3-5,7-8,16,19H,6,9-15H2,1-2H3,(H,22,25)/t16-,19-,21-/m1/s1. The Bertz CT molecular complexity index is 616. The number of carbonyl (C=O) groups excluding carboxylic acids is 2. The molecule has 136 valence electrons. The molecule has 0 radical (unpaired) electrons. The van der Waals surface area contributed by atoms with Crippen LogP contribution in [0.5, 0.6) is 0 Å². The van der Waals surface area contributed by atoms with E-state index in [0.29, 0.717) is 31.6 Å². The maximum absolute atomic E-state index is 12.6. The molecule has 1 N–H and O–H groups in total. The van der Waals surface area contributed by atoms with E-state index in [1.165, 1.54) is 12.0 Å². The number of benzene rings is 1. The van der Waals surface area contributed by atoms with Crippen molar-refractivity contribution in [3.05, 3.63) is 35.9 Å². The van der Waals surface area contributed by atoms with Gasteiger partial charge < -0.3 is 5.32 Å². The van der Waals surface area contributed by atoms with E-state index in [1.54, 1.807) is 0 Å². The third-order valence-electron chi connectivity index (χ3n) is 6.07. The summed E-state index contributed by atoms with van der Waals surface area (Å²) in [6, 6.07) is 10.5. The zero-order valence-electron chi connectivity index (χ0n) is 15.5. The largest absolute Gasteiger partial charge is 0.354 e. The number of amides is 1. The summed E-state index contributed by atoms with van der Waals surface area (Å²) in [5.41, 5.74) is 1.33. The lowest BCUT2D eigenvalue weighted by Gasteiger charge is -2.36. The minimum absolute atomic E-state index is 0.00900. The number of hydrogen-bond acceptors (Lipinski definition) is 3. The highest BCUT2D eigenvalue weighted by Gasteiger charge is 2.38. The van der Waals surface area contributed by atoms with Crippen molar-refractivity contribution >= 4 is 11.7 Å². The molecule has 0 spiro atoms. The second-order valence-electron chi connectivity index (χ2n) is 8.09. The summed E-state index contributed by atoms with van der Waals surface area (Å²) in [7, 11) is 0. The molecular weight excluding hydrogens is 312 g/mol. The van der Waals surface area contributed by atoms with E-state index in [-0.39, 0.29) is 23.3 Å². The molecule has 2 aliphatic rings. The van der Waals surface area contributed by atoms with E-state index in [1.807, 2.05) is 13.0 Å². The Labute approximate surface area is 151 Å². The normalized spacial score (nSPS) is 30.4. The lowest BCUT2D eigenvalue weighted by Crippen LogP contribution is -2.51. The monoisotopic (exact) mass is 342 g/mol. The third kappa shape index (κ3) is 4.30. The summed E-state index contributed by atoms with van der Waals surface area (Å²) in [6.07, 6.45) is 4.10. The van der Waals surface area contributed by atoms with Crippen LogP contribution in [0, 0.1) is 11.8 Å². The first kappa shape index (κ1) is 18.1. The topological polar surface area (TPSA) is 49.4 Å². The maximum Gasteiger partial charge on any atom is 0.223 e. The molecule has 4 heteroatoms. The molecule has 1 amide bonds. The summed E-state index contributed by atoms with van der Waals surface area (Å²) < 4.78 is 0. The summed E-state index contributed by atoms with van der Waals surface area (Å²) >= 11 is 0. The van der Waals surface area contributed by atoms with Crippen LogP contribution in [0.25, 0.3) is 0 Å². The van der Waals surface area contributed by atoms with Crippen molar-refractivity contribution in [2.24, 2.45) is 11.8 Å². The lowest BCUT2D eigenvalue weighted by atomic mass is 9.79. The first-order chi connectivity index (χ1) is 12.0. The molecule has 1 saturated carbocycles. The Hall–Kier alpha value is -1.68. The molecule has 2 fully saturated rings. The van der Waals surface area contributed by atoms with Gasteiger partial charge in [-0.3, -0.25) is 14.5 Å². The van der Waals surface area contributed by atoms with Gasteiger partial charge in [0, 0.05) is 37.4 Å². The maximum atomic E-state index is 12.6. The Morgan fingerprint density at radius 1 is 1.32 bits per heavy atom. The minimum atomic E-state index is -0.00900. The zero-order chi connectivity index (χ0) is 17.9. The van der Waals surface area contributed by atoms with E-state index in [9.17, 15) is 9.59 Å². The molecule has 25 heavy (non-hydrogen) atoms. The molecule has 1 aromatic rings. The number of ketones is 1. The summed E-state index contributed by atoms with van der Waals surface area (Å²) in [6.45, 7) is 6.99. The Morgan fingerprint density at radius 3 is 2.80 bits per heavy atom. The Morgan fingerprint density at radius 2 is 2.08 bits per heavy atom. The van der Waals surface area contributed by atoms with Gasteiger partial charge in [0.1, 0.15) is 5.78 Å². The summed E-state index contributed by atoms with van der Waals surface area (Å²) in [5, 5.41) is 3.20. The molecule has 1 aliphatic heterocycles. The van der Waals surface area contributed by atoms with Crippen molar-refractivity contribution in [1.29, 1.82) is 0 Å². The minimum Gasteiger partial charge on any atom is -0.354 e. The van der Waals surface area contributed by atoms with Crippen LogP contribution in [-0.2, 0) is 16.1 Å². The van der Waals surface area contributed by atoms with Gasteiger partial charge in [0.15, 0.2) is 0 Å². The van der Waals surface area contributed by atoms with Gasteiger partial charge in [0.2, 0.25) is 5.91 Å². The van der Waals surface area contributed by atoms with Gasteiger partial charge in [-0.1, -0.05) is 37.3 Å². The molecule has 1 heterocycles. The van der Waals surface area contributed by atoms with E-state index < -0.39 is 0 Å². The molecule has 3 rings (SSSR count). The highest BCUT2D eigenvalue weighted by molar-refractivity contribution is 5.85. The number of hydrogen-bond donors (Lipinski definition) is 1. The number of Topliss-reactive ketones (excluding diaryl/α,β-unsaturated/α-hetero) is 1. The van der Waals surface area contributed by atoms with Gasteiger partial charge in [-0.05, 0) is 44.2 Å². The van der Waals surface area contributed by atoms with Crippen LogP contribution in [0.4, 0.5) is 0 Å². The van der Waals surface area contributed by atoms with Crippen molar-refractivity contribution in [1.82, 2.24) is 10.2 Å². The molecule has 3 atom stereocenters. The highest BCUT2D eigenvalue weighted by atomic mass is 16.2. The van der Waals surface area contributed by atoms with Gasteiger partial charge >= 0.3 is 0 Å². The van der Waals surface area contributed by atoms with Gasteiger partial charge in [0.05, 0.1) is 0 Å². The fourth-order valence-corrected chi connectivity index (χ4v) is 4.36. The molecule has 1 aromatic carbocycles. The highest BCUT2D eigenvalue weighted by Crippen LogP contribution is 2.31. The third-order valence-corrected chi connectivity index (χ3v) is 6.07. The van der Waals surface area contributed by atoms with Crippen LogP contribution in [0.15, 0.2) is 30.3 Å². The smallest absolute Gasteiger partial charge is 0.223 e. The Kier molecular flexibility index (Phi) is 5.57. The van der Waals surface area contributed by atoms with Crippen molar-refractivity contribution in [3.63, 3.8) is 0 Å². The van der Waals surface area contributed by atoms with E-state index in [2.05, 4.69) is 41.4 Å². The van der Waals surface area contributed by atoms with Crippen LogP contribution in [0.2, 0.25) is 0 Å². The van der Waals surface area contributed by atoms with Crippen LogP contribution < -0.4 is 5.32 Å². The second kappa shape index (κ2) is 7.69. The molecule has 0 bridgehead atoms. The first-order valence-corrected chi connectivity index (χ1v) is 9.56. The molecule has 0 unspecified atom stereocenters. The predicted octanol–water partition coefficient (Wildman–Crippen LogP) is 3.16. The van der Waals surface area contributed by atoms with Gasteiger partial charge in [-0.2, -0.15) is 0 Å². The average molecular weight is 342 g/mol. The van der Waals surface area contributed by atoms with Crippen LogP contribution in [-0.4, -0.2) is 35.2 Å². The van der Waals surface area contributed by atoms with Crippen molar-refractivity contribution < 1.29 is 9.59 Å². The van der Waals surface area contributed by atoms with Crippen LogP contribution >= 0.6 is 0 Å². The molecule has 0 aromatic heterocycles. The molecule has 1 aliphatic carbocycles. The zero-order valence-corrected chi connectivity index (χ0v) is 15.5. The molecule has 4 nitrogen and oxygen atoms in total. The second-order valence-corrected chi connectivity index (χ2v) is 8.09. The predicted molar refractivity (Wildman–Crippen MR) is 99.0 cm³/mol. The van der Waals surface area contributed by atoms with Crippen LogP contribution in [0.1, 0.15) is 51.5 Å². The van der Waals surface area contributed by atoms with Gasteiger partial charge in [-0.15, -0.1) is 0 Å². The van der Waals surface area contributed by atoms with E-state index in [0.717, 1.165) is 19.5 Å². The van der Waals surface area contributed by atoms with Crippen molar-refractivity contribution in [2.75, 3.05) is 13.1 Å². The van der Waals surface area contributed by atoms with E-state index in [4.69, 9.17) is 0 Å². The number of nitrogens with one attached hydrogen (secondary N) is 1. The van der Waals surface area contributed by atoms with Crippen molar-refractivity contribution in [2.45, 2.75) is 58.0 Å². The first-order valence-electron chi connectivity index (χ1n) is 9.56. The Balaban J connectivity index is 1.57. The van der Waals surface area contributed by atoms with Gasteiger partial charge in [-0.25, -0.2) is 0 Å². The number of rotatable bonds is 5. The van der Waals surface area contributed by atoms with Crippen LogP contribution in [0.3, 0.4) is 0 Å². The SMILES string of the molecule is C[C@@H]1CC(=O)CC[C@H]1C(=O)NC[C@@]1(C)CCCN1Cc1ccccc1. The van der Waals surface area contributed by atoms with E-state index >= 15 is 0 Å². The quantitative estimate of drug-likeness (QED) is 0.894. The average Bonchev–Trinajstić information content (AvgIpc) is 2.95. The molecule has 1 saturated heterocycles. The summed E-state index contributed by atoms with van der Waals surface area (Å²) in [5.74, 6) is 0.587.